The fourth-order valence-corrected chi connectivity index (χ4v) is 4.43. The third-order valence-electron chi connectivity index (χ3n) is 3.15. The number of thiazole rings is 1. The number of nitrogens with zero attached hydrogens (tertiary/aromatic N) is 1. The highest BCUT2D eigenvalue weighted by atomic mass is 79.9. The molecule has 0 radical (unpaired) electrons. The van der Waals surface area contributed by atoms with Crippen molar-refractivity contribution in [2.24, 2.45) is 0 Å². The summed E-state index contributed by atoms with van der Waals surface area (Å²) in [5.41, 5.74) is 1.49. The summed E-state index contributed by atoms with van der Waals surface area (Å²) in [6.07, 6.45) is 0. The Morgan fingerprint density at radius 2 is 1.96 bits per heavy atom. The average molecular weight is 411 g/mol. The smallest absolute Gasteiger partial charge is 0.263 e. The van der Waals surface area contributed by atoms with Gasteiger partial charge in [-0.1, -0.05) is 0 Å². The molecular weight excluding hydrogens is 399 g/mol. The minimum atomic E-state index is -0.290. The minimum absolute atomic E-state index is 0.141. The lowest BCUT2D eigenvalue weighted by Gasteiger charge is -2.01. The maximum atomic E-state index is 13.0. The number of hydrogen-bond donors (Lipinski definition) is 1. The molecule has 0 fully saturated rings. The van der Waals surface area contributed by atoms with Gasteiger partial charge in [-0.2, -0.15) is 0 Å². The Morgan fingerprint density at radius 1 is 1.22 bits per heavy atom. The zero-order valence-electron chi connectivity index (χ0n) is 12.1. The quantitative estimate of drug-likeness (QED) is 0.656. The number of carbonyl (C=O) groups is 1. The second-order valence-electron chi connectivity index (χ2n) is 4.83. The van der Waals surface area contributed by atoms with Crippen LogP contribution in [0, 0.1) is 12.7 Å². The van der Waals surface area contributed by atoms with E-state index in [1.807, 2.05) is 12.1 Å². The van der Waals surface area contributed by atoms with Gasteiger partial charge in [-0.3, -0.25) is 4.79 Å². The van der Waals surface area contributed by atoms with E-state index in [-0.39, 0.29) is 11.7 Å². The molecule has 23 heavy (non-hydrogen) atoms. The molecule has 0 aliphatic carbocycles. The SMILES string of the molecule is Cc1nc(-c2ccc(F)cc2)sc1C(=O)NCc1ccc(Br)s1. The van der Waals surface area contributed by atoms with Crippen molar-refractivity contribution < 1.29 is 9.18 Å². The molecule has 0 atom stereocenters. The first-order chi connectivity index (χ1) is 11.0. The lowest BCUT2D eigenvalue weighted by atomic mass is 10.2. The predicted molar refractivity (Wildman–Crippen MR) is 95.4 cm³/mol. The van der Waals surface area contributed by atoms with Gasteiger partial charge in [0, 0.05) is 10.4 Å². The Kier molecular flexibility index (Phi) is 4.89. The molecule has 2 aromatic heterocycles. The Labute approximate surface area is 149 Å². The number of nitrogens with one attached hydrogen (secondary N) is 1. The first-order valence-corrected chi connectivity index (χ1v) is 9.21. The van der Waals surface area contributed by atoms with E-state index in [0.29, 0.717) is 22.1 Å². The van der Waals surface area contributed by atoms with Crippen molar-refractivity contribution in [2.75, 3.05) is 0 Å². The number of halogens is 2. The second kappa shape index (κ2) is 6.90. The zero-order chi connectivity index (χ0) is 16.4. The van der Waals surface area contributed by atoms with Gasteiger partial charge in [0.25, 0.3) is 5.91 Å². The van der Waals surface area contributed by atoms with Crippen LogP contribution in [0.15, 0.2) is 40.2 Å². The predicted octanol–water partition coefficient (Wildman–Crippen LogP) is 5.01. The first kappa shape index (κ1) is 16.3. The summed E-state index contributed by atoms with van der Waals surface area (Å²) in [6.45, 7) is 2.29. The van der Waals surface area contributed by atoms with E-state index >= 15 is 0 Å². The van der Waals surface area contributed by atoms with E-state index in [1.165, 1.54) is 23.5 Å². The monoisotopic (exact) mass is 410 g/mol. The van der Waals surface area contributed by atoms with Crippen LogP contribution in [-0.4, -0.2) is 10.9 Å². The number of rotatable bonds is 4. The van der Waals surface area contributed by atoms with Crippen molar-refractivity contribution in [3.05, 3.63) is 61.5 Å². The molecule has 0 aliphatic heterocycles. The molecule has 3 aromatic rings. The van der Waals surface area contributed by atoms with Gasteiger partial charge in [-0.05, 0) is 59.3 Å². The number of thiophene rings is 1. The van der Waals surface area contributed by atoms with Crippen LogP contribution in [0.4, 0.5) is 4.39 Å². The maximum Gasteiger partial charge on any atom is 0.263 e. The fraction of sp³-hybridized carbons (Fsp3) is 0.125. The van der Waals surface area contributed by atoms with Gasteiger partial charge in [0.05, 0.1) is 16.0 Å². The molecule has 3 nitrogen and oxygen atoms in total. The average Bonchev–Trinajstić information content (AvgIpc) is 3.11. The van der Waals surface area contributed by atoms with Crippen LogP contribution in [0.5, 0.6) is 0 Å². The zero-order valence-corrected chi connectivity index (χ0v) is 15.3. The van der Waals surface area contributed by atoms with Crippen LogP contribution in [0.2, 0.25) is 0 Å². The number of hydrogen-bond acceptors (Lipinski definition) is 4. The first-order valence-electron chi connectivity index (χ1n) is 6.78. The summed E-state index contributed by atoms with van der Waals surface area (Å²) in [5, 5.41) is 3.62. The summed E-state index contributed by atoms with van der Waals surface area (Å²) in [5.74, 6) is -0.431. The standard InChI is InChI=1S/C16H12BrFN2OS2/c1-9-14(15(21)19-8-12-6-7-13(17)22-12)23-16(20-9)10-2-4-11(18)5-3-10/h2-7H,8H2,1H3,(H,19,21). The van der Waals surface area contributed by atoms with Crippen LogP contribution in [0.3, 0.4) is 0 Å². The highest BCUT2D eigenvalue weighted by Crippen LogP contribution is 2.28. The Morgan fingerprint density at radius 3 is 2.61 bits per heavy atom. The molecule has 0 bridgehead atoms. The van der Waals surface area contributed by atoms with Gasteiger partial charge in [0.2, 0.25) is 0 Å². The normalized spacial score (nSPS) is 10.7. The molecule has 0 aliphatic rings. The lowest BCUT2D eigenvalue weighted by Crippen LogP contribution is -2.22. The van der Waals surface area contributed by atoms with E-state index in [0.717, 1.165) is 14.2 Å². The van der Waals surface area contributed by atoms with Crippen LogP contribution >= 0.6 is 38.6 Å². The van der Waals surface area contributed by atoms with Crippen molar-refractivity contribution in [1.29, 1.82) is 0 Å². The number of carbonyl (C=O) groups excluding carboxylic acids is 1. The molecule has 2 heterocycles. The topological polar surface area (TPSA) is 42.0 Å². The van der Waals surface area contributed by atoms with Crippen molar-refractivity contribution in [1.82, 2.24) is 10.3 Å². The highest BCUT2D eigenvalue weighted by Gasteiger charge is 2.16. The van der Waals surface area contributed by atoms with Crippen molar-refractivity contribution in [3.63, 3.8) is 0 Å². The number of aromatic nitrogens is 1. The molecule has 0 saturated carbocycles. The van der Waals surface area contributed by atoms with Crippen molar-refractivity contribution in [3.8, 4) is 10.6 Å². The molecule has 118 valence electrons. The van der Waals surface area contributed by atoms with Crippen LogP contribution in [-0.2, 0) is 6.54 Å². The third-order valence-corrected chi connectivity index (χ3v) is 5.97. The largest absolute Gasteiger partial charge is 0.346 e. The molecule has 7 heteroatoms. The van der Waals surface area contributed by atoms with E-state index in [1.54, 1.807) is 30.4 Å². The Balaban J connectivity index is 1.74. The van der Waals surface area contributed by atoms with E-state index < -0.39 is 0 Å². The molecule has 0 spiro atoms. The lowest BCUT2D eigenvalue weighted by molar-refractivity contribution is 0.0954. The van der Waals surface area contributed by atoms with Crippen molar-refractivity contribution >= 4 is 44.5 Å². The van der Waals surface area contributed by atoms with Crippen LogP contribution in [0.1, 0.15) is 20.2 Å². The summed E-state index contributed by atoms with van der Waals surface area (Å²) in [6, 6.07) is 10.0. The number of amides is 1. The van der Waals surface area contributed by atoms with Gasteiger partial charge < -0.3 is 5.32 Å². The van der Waals surface area contributed by atoms with Gasteiger partial charge in [0.15, 0.2) is 0 Å². The van der Waals surface area contributed by atoms with Gasteiger partial charge >= 0.3 is 0 Å². The van der Waals surface area contributed by atoms with Gasteiger partial charge in [-0.15, -0.1) is 22.7 Å². The van der Waals surface area contributed by atoms with E-state index in [9.17, 15) is 9.18 Å². The molecule has 0 saturated heterocycles. The Hall–Kier alpha value is -1.57. The molecule has 1 amide bonds. The van der Waals surface area contributed by atoms with Crippen LogP contribution in [0.25, 0.3) is 10.6 Å². The van der Waals surface area contributed by atoms with Crippen LogP contribution < -0.4 is 5.32 Å². The maximum absolute atomic E-state index is 13.0. The van der Waals surface area contributed by atoms with E-state index in [2.05, 4.69) is 26.2 Å². The van der Waals surface area contributed by atoms with E-state index in [4.69, 9.17) is 0 Å². The molecule has 1 aromatic carbocycles. The minimum Gasteiger partial charge on any atom is -0.346 e. The summed E-state index contributed by atoms with van der Waals surface area (Å²) in [7, 11) is 0. The number of benzene rings is 1. The second-order valence-corrected chi connectivity index (χ2v) is 8.38. The van der Waals surface area contributed by atoms with Gasteiger partial charge in [-0.25, -0.2) is 9.37 Å². The fourth-order valence-electron chi connectivity index (χ4n) is 2.02. The molecule has 3 rings (SSSR count). The van der Waals surface area contributed by atoms with Crippen molar-refractivity contribution in [2.45, 2.75) is 13.5 Å². The highest BCUT2D eigenvalue weighted by molar-refractivity contribution is 9.11. The van der Waals surface area contributed by atoms with Gasteiger partial charge in [0.1, 0.15) is 15.7 Å². The third kappa shape index (κ3) is 3.85. The number of aryl methyl sites for hydroxylation is 1. The Bertz CT molecular complexity index is 842. The summed E-state index contributed by atoms with van der Waals surface area (Å²) < 4.78 is 14.0. The molecule has 1 N–H and O–H groups in total. The molecule has 0 unspecified atom stereocenters. The molecular formula is C16H12BrFN2OS2. The summed E-state index contributed by atoms with van der Waals surface area (Å²) >= 11 is 6.30. The summed E-state index contributed by atoms with van der Waals surface area (Å²) in [4.78, 5) is 18.4.